The fourth-order valence-corrected chi connectivity index (χ4v) is 3.98. The molecule has 2 heterocycles. The molecule has 0 radical (unpaired) electrons. The molecule has 6 nitrogen and oxygen atoms in total. The Hall–Kier alpha value is -1.11. The van der Waals surface area contributed by atoms with Gasteiger partial charge in [0.15, 0.2) is 0 Å². The average molecular weight is 274 g/mol. The second kappa shape index (κ2) is 4.22. The highest BCUT2D eigenvalue weighted by Gasteiger charge is 2.42. The highest BCUT2D eigenvalue weighted by molar-refractivity contribution is 7.91. The largest absolute Gasteiger partial charge is 0.341 e. The maximum absolute atomic E-state index is 12.2. The SMILES string of the molecule is CC1(C)NC(=O)CN(C2CCS(=O)(=O)CC2)C1=O. The van der Waals surface area contributed by atoms with E-state index in [1.165, 1.54) is 4.90 Å². The van der Waals surface area contributed by atoms with E-state index in [9.17, 15) is 18.0 Å². The molecule has 2 aliphatic heterocycles. The Morgan fingerprint density at radius 2 is 1.78 bits per heavy atom. The molecule has 0 bridgehead atoms. The lowest BCUT2D eigenvalue weighted by atomic mass is 9.97. The first kappa shape index (κ1) is 13.3. The van der Waals surface area contributed by atoms with Gasteiger partial charge in [0.05, 0.1) is 18.1 Å². The number of amides is 2. The van der Waals surface area contributed by atoms with Gasteiger partial charge in [0.2, 0.25) is 11.8 Å². The molecule has 0 unspecified atom stereocenters. The van der Waals surface area contributed by atoms with Gasteiger partial charge in [0.1, 0.15) is 15.4 Å². The number of piperazine rings is 1. The van der Waals surface area contributed by atoms with Crippen molar-refractivity contribution in [2.45, 2.75) is 38.3 Å². The number of hydrogen-bond donors (Lipinski definition) is 1. The molecule has 2 rings (SSSR count). The van der Waals surface area contributed by atoms with Gasteiger partial charge in [-0.15, -0.1) is 0 Å². The normalized spacial score (nSPS) is 28.0. The van der Waals surface area contributed by atoms with E-state index in [-0.39, 0.29) is 35.9 Å². The third kappa shape index (κ3) is 2.50. The number of nitrogens with one attached hydrogen (secondary N) is 1. The van der Waals surface area contributed by atoms with Gasteiger partial charge in [-0.2, -0.15) is 0 Å². The number of nitrogens with zero attached hydrogens (tertiary/aromatic N) is 1. The first-order chi connectivity index (χ1) is 8.21. The minimum atomic E-state index is -2.95. The molecule has 0 aromatic rings. The third-order valence-electron chi connectivity index (χ3n) is 3.53. The standard InChI is InChI=1S/C11H18N2O4S/c1-11(2)10(15)13(7-9(14)12-11)8-3-5-18(16,17)6-4-8/h8H,3-7H2,1-2H3,(H,12,14). The Labute approximate surface area is 107 Å². The maximum Gasteiger partial charge on any atom is 0.248 e. The number of hydrogen-bond acceptors (Lipinski definition) is 4. The summed E-state index contributed by atoms with van der Waals surface area (Å²) in [6, 6.07) is -0.133. The minimum absolute atomic E-state index is 0.0347. The van der Waals surface area contributed by atoms with Crippen molar-refractivity contribution < 1.29 is 18.0 Å². The molecule has 102 valence electrons. The van der Waals surface area contributed by atoms with E-state index in [1.54, 1.807) is 13.8 Å². The molecule has 0 aromatic carbocycles. The third-order valence-corrected chi connectivity index (χ3v) is 5.24. The summed E-state index contributed by atoms with van der Waals surface area (Å²) in [6.07, 6.45) is 0.856. The second-order valence-corrected chi connectivity index (χ2v) is 7.79. The molecular weight excluding hydrogens is 256 g/mol. The van der Waals surface area contributed by atoms with Crippen LogP contribution < -0.4 is 5.32 Å². The van der Waals surface area contributed by atoms with Crippen molar-refractivity contribution >= 4 is 21.7 Å². The van der Waals surface area contributed by atoms with Crippen LogP contribution >= 0.6 is 0 Å². The second-order valence-electron chi connectivity index (χ2n) is 5.49. The molecule has 1 N–H and O–H groups in total. The van der Waals surface area contributed by atoms with Gasteiger partial charge in [-0.1, -0.05) is 0 Å². The molecule has 2 saturated heterocycles. The van der Waals surface area contributed by atoms with E-state index in [4.69, 9.17) is 0 Å². The zero-order chi connectivity index (χ0) is 13.6. The van der Waals surface area contributed by atoms with Crippen LogP contribution in [-0.2, 0) is 19.4 Å². The highest BCUT2D eigenvalue weighted by Crippen LogP contribution is 2.23. The molecule has 0 saturated carbocycles. The Morgan fingerprint density at radius 3 is 2.33 bits per heavy atom. The molecule has 0 spiro atoms. The summed E-state index contributed by atoms with van der Waals surface area (Å²) >= 11 is 0. The first-order valence-corrected chi connectivity index (χ1v) is 7.86. The molecule has 7 heteroatoms. The molecule has 0 aromatic heterocycles. The quantitative estimate of drug-likeness (QED) is 0.685. The van der Waals surface area contributed by atoms with E-state index < -0.39 is 15.4 Å². The van der Waals surface area contributed by atoms with Gasteiger partial charge in [-0.3, -0.25) is 9.59 Å². The molecule has 2 fully saturated rings. The Morgan fingerprint density at radius 1 is 1.22 bits per heavy atom. The molecule has 0 atom stereocenters. The van der Waals surface area contributed by atoms with Gasteiger partial charge < -0.3 is 10.2 Å². The molecule has 2 aliphatic rings. The average Bonchev–Trinajstić information content (AvgIpc) is 2.23. The fourth-order valence-electron chi connectivity index (χ4n) is 2.51. The van der Waals surface area contributed by atoms with Crippen LogP contribution in [-0.4, -0.2) is 54.8 Å². The lowest BCUT2D eigenvalue weighted by Gasteiger charge is -2.42. The van der Waals surface area contributed by atoms with Gasteiger partial charge in [0.25, 0.3) is 0 Å². The molecule has 0 aliphatic carbocycles. The molecule has 18 heavy (non-hydrogen) atoms. The molecule has 2 amide bonds. The van der Waals surface area contributed by atoms with Gasteiger partial charge in [-0.05, 0) is 26.7 Å². The summed E-state index contributed by atoms with van der Waals surface area (Å²) in [4.78, 5) is 25.3. The smallest absolute Gasteiger partial charge is 0.248 e. The number of carbonyl (C=O) groups is 2. The van der Waals surface area contributed by atoms with Crippen LogP contribution in [0.2, 0.25) is 0 Å². The summed E-state index contributed by atoms with van der Waals surface area (Å²) in [5.41, 5.74) is -0.897. The van der Waals surface area contributed by atoms with Crippen LogP contribution in [0.15, 0.2) is 0 Å². The van der Waals surface area contributed by atoms with E-state index >= 15 is 0 Å². The Balaban J connectivity index is 2.13. The lowest BCUT2D eigenvalue weighted by Crippen LogP contribution is -2.66. The van der Waals surface area contributed by atoms with E-state index in [0.717, 1.165) is 0 Å². The van der Waals surface area contributed by atoms with Gasteiger partial charge in [0, 0.05) is 6.04 Å². The maximum atomic E-state index is 12.2. The summed E-state index contributed by atoms with van der Waals surface area (Å²) in [6.45, 7) is 3.37. The zero-order valence-corrected chi connectivity index (χ0v) is 11.4. The van der Waals surface area contributed by atoms with E-state index in [0.29, 0.717) is 12.8 Å². The van der Waals surface area contributed by atoms with Crippen LogP contribution in [0.5, 0.6) is 0 Å². The summed E-state index contributed by atoms with van der Waals surface area (Å²) in [5.74, 6) is -0.119. The first-order valence-electron chi connectivity index (χ1n) is 6.04. The summed E-state index contributed by atoms with van der Waals surface area (Å²) in [7, 11) is -2.95. The van der Waals surface area contributed by atoms with Crippen molar-refractivity contribution in [1.29, 1.82) is 0 Å². The number of carbonyl (C=O) groups excluding carboxylic acids is 2. The van der Waals surface area contributed by atoms with Crippen LogP contribution in [0, 0.1) is 0 Å². The lowest BCUT2D eigenvalue weighted by molar-refractivity contribution is -0.151. The fraction of sp³-hybridized carbons (Fsp3) is 0.818. The Kier molecular flexibility index (Phi) is 3.12. The zero-order valence-electron chi connectivity index (χ0n) is 10.6. The topological polar surface area (TPSA) is 83.6 Å². The van der Waals surface area contributed by atoms with Crippen LogP contribution in [0.4, 0.5) is 0 Å². The van der Waals surface area contributed by atoms with Gasteiger partial charge >= 0.3 is 0 Å². The van der Waals surface area contributed by atoms with E-state index in [1.807, 2.05) is 0 Å². The van der Waals surface area contributed by atoms with Crippen molar-refractivity contribution in [2.24, 2.45) is 0 Å². The van der Waals surface area contributed by atoms with E-state index in [2.05, 4.69) is 5.32 Å². The van der Waals surface area contributed by atoms with Crippen LogP contribution in [0.3, 0.4) is 0 Å². The van der Waals surface area contributed by atoms with Crippen molar-refractivity contribution in [1.82, 2.24) is 10.2 Å². The number of rotatable bonds is 1. The van der Waals surface area contributed by atoms with Crippen molar-refractivity contribution in [2.75, 3.05) is 18.1 Å². The minimum Gasteiger partial charge on any atom is -0.341 e. The van der Waals surface area contributed by atoms with Crippen LogP contribution in [0.1, 0.15) is 26.7 Å². The highest BCUT2D eigenvalue weighted by atomic mass is 32.2. The summed E-state index contributed by atoms with van der Waals surface area (Å²) in [5, 5.41) is 2.64. The van der Waals surface area contributed by atoms with Crippen LogP contribution in [0.25, 0.3) is 0 Å². The molecular formula is C11H18N2O4S. The predicted molar refractivity (Wildman–Crippen MR) is 65.6 cm³/mol. The van der Waals surface area contributed by atoms with Gasteiger partial charge in [-0.25, -0.2) is 8.42 Å². The van der Waals surface area contributed by atoms with Crippen molar-refractivity contribution in [3.63, 3.8) is 0 Å². The monoisotopic (exact) mass is 274 g/mol. The Bertz CT molecular complexity index is 469. The van der Waals surface area contributed by atoms with Crippen molar-refractivity contribution in [3.8, 4) is 0 Å². The van der Waals surface area contributed by atoms with Crippen molar-refractivity contribution in [3.05, 3.63) is 0 Å². The summed E-state index contributed by atoms with van der Waals surface area (Å²) < 4.78 is 22.7. The predicted octanol–water partition coefficient (Wildman–Crippen LogP) is -0.699. The number of sulfone groups is 1.